The Balaban J connectivity index is 1.64. The molecule has 0 radical (unpaired) electrons. The van der Waals surface area contributed by atoms with Crippen LogP contribution in [0.3, 0.4) is 0 Å². The zero-order valence-corrected chi connectivity index (χ0v) is 16.4. The fourth-order valence-electron chi connectivity index (χ4n) is 4.05. The fourth-order valence-corrected chi connectivity index (χ4v) is 10.9. The number of fused-ring (bicyclic) bond motifs is 2. The molecule has 1 unspecified atom stereocenters. The van der Waals surface area contributed by atoms with Gasteiger partial charge >= 0.3 is 0 Å². The molecule has 22 heavy (non-hydrogen) atoms. The third kappa shape index (κ3) is 2.87. The predicted octanol–water partition coefficient (Wildman–Crippen LogP) is 5.86. The summed E-state index contributed by atoms with van der Waals surface area (Å²) in [6.07, 6.45) is 5.45. The lowest BCUT2D eigenvalue weighted by atomic mass is 9.99. The summed E-state index contributed by atoms with van der Waals surface area (Å²) in [5.74, 6) is 6.21. The molecule has 0 N–H and O–H groups in total. The lowest BCUT2D eigenvalue weighted by molar-refractivity contribution is 0.465. The molecule has 1 aromatic rings. The van der Waals surface area contributed by atoms with E-state index in [4.69, 9.17) is 0 Å². The molecule has 2 saturated heterocycles. The maximum atomic E-state index is 2.51. The second-order valence-corrected chi connectivity index (χ2v) is 13.1. The molecule has 1 aromatic carbocycles. The van der Waals surface area contributed by atoms with E-state index in [9.17, 15) is 0 Å². The fraction of sp³-hybridized carbons (Fsp3) is 0.667. The van der Waals surface area contributed by atoms with Crippen LogP contribution in [0.1, 0.15) is 37.3 Å². The Kier molecular flexibility index (Phi) is 4.76. The van der Waals surface area contributed by atoms with Crippen LogP contribution in [0, 0.1) is 5.92 Å². The normalized spacial score (nSPS) is 29.4. The van der Waals surface area contributed by atoms with Gasteiger partial charge in [0.05, 0.1) is 8.16 Å². The molecule has 4 rings (SSSR count). The van der Waals surface area contributed by atoms with Gasteiger partial charge in [0.25, 0.3) is 0 Å². The van der Waals surface area contributed by atoms with Crippen molar-refractivity contribution in [2.45, 2.75) is 40.8 Å². The number of hydrogen-bond donors (Lipinski definition) is 0. The Labute approximate surface area is 151 Å². The molecule has 0 bridgehead atoms. The van der Waals surface area contributed by atoms with Gasteiger partial charge in [-0.1, -0.05) is 24.3 Å². The van der Waals surface area contributed by atoms with E-state index in [0.29, 0.717) is 8.16 Å². The SMILES string of the molecule is CC1(CC2Cc3ccccc3C23SCCCS3)SCCCS1. The van der Waals surface area contributed by atoms with Crippen molar-refractivity contribution in [3.63, 3.8) is 0 Å². The summed E-state index contributed by atoms with van der Waals surface area (Å²) in [5, 5.41) is 0. The molecule has 3 aliphatic rings. The average Bonchev–Trinajstić information content (AvgIpc) is 2.82. The van der Waals surface area contributed by atoms with Gasteiger partial charge in [-0.25, -0.2) is 0 Å². The van der Waals surface area contributed by atoms with Crippen LogP contribution < -0.4 is 0 Å². The monoisotopic (exact) mass is 368 g/mol. The minimum atomic E-state index is 0.358. The first kappa shape index (κ1) is 16.1. The van der Waals surface area contributed by atoms with E-state index in [1.165, 1.54) is 48.7 Å². The maximum Gasteiger partial charge on any atom is 0.0894 e. The van der Waals surface area contributed by atoms with Crippen molar-refractivity contribution in [1.29, 1.82) is 0 Å². The van der Waals surface area contributed by atoms with Gasteiger partial charge in [-0.05, 0) is 72.7 Å². The minimum absolute atomic E-state index is 0.358. The Bertz CT molecular complexity index is 530. The van der Waals surface area contributed by atoms with E-state index >= 15 is 0 Å². The summed E-state index contributed by atoms with van der Waals surface area (Å²) >= 11 is 8.96. The number of hydrogen-bond acceptors (Lipinski definition) is 4. The van der Waals surface area contributed by atoms with Crippen molar-refractivity contribution in [2.75, 3.05) is 23.0 Å². The number of thioether (sulfide) groups is 4. The van der Waals surface area contributed by atoms with Crippen molar-refractivity contribution >= 4 is 47.0 Å². The Morgan fingerprint density at radius 3 is 2.32 bits per heavy atom. The van der Waals surface area contributed by atoms with Gasteiger partial charge < -0.3 is 0 Å². The highest BCUT2D eigenvalue weighted by atomic mass is 32.2. The zero-order valence-electron chi connectivity index (χ0n) is 13.2. The van der Waals surface area contributed by atoms with Crippen LogP contribution in [0.5, 0.6) is 0 Å². The molecule has 0 aromatic heterocycles. The van der Waals surface area contributed by atoms with Crippen molar-refractivity contribution in [1.82, 2.24) is 0 Å². The lowest BCUT2D eigenvalue weighted by Gasteiger charge is -2.43. The molecular weight excluding hydrogens is 344 g/mol. The third-order valence-corrected chi connectivity index (χ3v) is 11.9. The van der Waals surface area contributed by atoms with E-state index in [-0.39, 0.29) is 0 Å². The highest BCUT2D eigenvalue weighted by Gasteiger charge is 2.50. The molecule has 1 spiro atoms. The van der Waals surface area contributed by atoms with Crippen molar-refractivity contribution < 1.29 is 0 Å². The van der Waals surface area contributed by atoms with Crippen LogP contribution in [0.2, 0.25) is 0 Å². The van der Waals surface area contributed by atoms with Gasteiger partial charge in [-0.15, -0.1) is 47.0 Å². The highest BCUT2D eigenvalue weighted by Crippen LogP contribution is 2.63. The van der Waals surface area contributed by atoms with Gasteiger partial charge in [0.1, 0.15) is 0 Å². The van der Waals surface area contributed by atoms with Gasteiger partial charge in [0.15, 0.2) is 0 Å². The van der Waals surface area contributed by atoms with Gasteiger partial charge in [0.2, 0.25) is 0 Å². The molecule has 0 saturated carbocycles. The van der Waals surface area contributed by atoms with E-state index in [0.717, 1.165) is 5.92 Å². The molecule has 0 amide bonds. The largest absolute Gasteiger partial charge is 0.144 e. The summed E-state index contributed by atoms with van der Waals surface area (Å²) < 4.78 is 0.799. The van der Waals surface area contributed by atoms with E-state index in [2.05, 4.69) is 78.2 Å². The van der Waals surface area contributed by atoms with Crippen molar-refractivity contribution in [2.24, 2.45) is 5.92 Å². The van der Waals surface area contributed by atoms with Crippen LogP contribution in [-0.2, 0) is 10.5 Å². The lowest BCUT2D eigenvalue weighted by Crippen LogP contribution is -2.34. The molecule has 1 atom stereocenters. The summed E-state index contributed by atoms with van der Waals surface area (Å²) in [7, 11) is 0. The quantitative estimate of drug-likeness (QED) is 0.641. The molecule has 4 heteroatoms. The van der Waals surface area contributed by atoms with Crippen molar-refractivity contribution in [3.05, 3.63) is 35.4 Å². The molecule has 0 nitrogen and oxygen atoms in total. The molecule has 2 fully saturated rings. The summed E-state index contributed by atoms with van der Waals surface area (Å²) in [6, 6.07) is 9.30. The van der Waals surface area contributed by atoms with Crippen LogP contribution in [0.4, 0.5) is 0 Å². The van der Waals surface area contributed by atoms with Crippen LogP contribution in [0.25, 0.3) is 0 Å². The Hall–Kier alpha value is 0.620. The second-order valence-electron chi connectivity index (χ2n) is 6.66. The first-order chi connectivity index (χ1) is 10.7. The van der Waals surface area contributed by atoms with E-state index in [1.54, 1.807) is 11.1 Å². The summed E-state index contributed by atoms with van der Waals surface area (Å²) in [5.41, 5.74) is 3.29. The summed E-state index contributed by atoms with van der Waals surface area (Å²) in [4.78, 5) is 0. The molecule has 2 heterocycles. The van der Waals surface area contributed by atoms with Crippen LogP contribution in [0.15, 0.2) is 24.3 Å². The van der Waals surface area contributed by atoms with Gasteiger partial charge in [-0.2, -0.15) is 0 Å². The second kappa shape index (κ2) is 6.50. The molecule has 2 aliphatic heterocycles. The van der Waals surface area contributed by atoms with Crippen molar-refractivity contribution in [3.8, 4) is 0 Å². The molecular formula is C18H24S4. The standard InChI is InChI=1S/C18H24S4/c1-17(19-8-4-9-20-17)13-15-12-14-6-2-3-7-16(14)18(15)21-10-5-11-22-18/h2-3,6-7,15H,4-5,8-13H2,1H3. The van der Waals surface area contributed by atoms with E-state index < -0.39 is 0 Å². The first-order valence-corrected chi connectivity index (χ1v) is 12.3. The number of rotatable bonds is 2. The molecule has 120 valence electrons. The molecule has 1 aliphatic carbocycles. The van der Waals surface area contributed by atoms with Gasteiger partial charge in [0, 0.05) is 0 Å². The maximum absolute atomic E-state index is 2.51. The summed E-state index contributed by atoms with van der Waals surface area (Å²) in [6.45, 7) is 2.51. The third-order valence-electron chi connectivity index (χ3n) is 5.04. The number of benzene rings is 1. The minimum Gasteiger partial charge on any atom is -0.144 e. The Morgan fingerprint density at radius 2 is 1.59 bits per heavy atom. The van der Waals surface area contributed by atoms with Crippen LogP contribution in [-0.4, -0.2) is 27.1 Å². The van der Waals surface area contributed by atoms with Crippen LogP contribution >= 0.6 is 47.0 Å². The predicted molar refractivity (Wildman–Crippen MR) is 107 cm³/mol. The highest BCUT2D eigenvalue weighted by molar-refractivity contribution is 8.19. The zero-order chi connectivity index (χ0) is 15.0. The first-order valence-electron chi connectivity index (χ1n) is 8.36. The average molecular weight is 369 g/mol. The Morgan fingerprint density at radius 1 is 0.955 bits per heavy atom. The topological polar surface area (TPSA) is 0 Å². The van der Waals surface area contributed by atoms with Gasteiger partial charge in [-0.3, -0.25) is 0 Å². The van der Waals surface area contributed by atoms with E-state index in [1.807, 2.05) is 0 Å². The smallest absolute Gasteiger partial charge is 0.0894 e.